The molecule has 0 spiro atoms. The van der Waals surface area contributed by atoms with Gasteiger partial charge < -0.3 is 20.3 Å². The molecule has 2 unspecified atom stereocenters. The van der Waals surface area contributed by atoms with Crippen molar-refractivity contribution in [3.05, 3.63) is 24.3 Å². The molecule has 0 aromatic heterocycles. The van der Waals surface area contributed by atoms with Crippen LogP contribution >= 0.6 is 0 Å². The summed E-state index contributed by atoms with van der Waals surface area (Å²) in [6, 6.07) is -0.538. The van der Waals surface area contributed by atoms with Gasteiger partial charge in [-0.15, -0.1) is 0 Å². The average molecular weight is 1080 g/mol. The number of carbonyl (C=O) groups excluding carboxylic acids is 2. The fourth-order valence-electron chi connectivity index (χ4n) is 11.1. The molecule has 0 saturated heterocycles. The lowest BCUT2D eigenvalue weighted by Gasteiger charge is -2.22. The van der Waals surface area contributed by atoms with E-state index in [1.165, 1.54) is 315 Å². The Bertz CT molecular complexity index is 1200. The van der Waals surface area contributed by atoms with Crippen molar-refractivity contribution in [3.63, 3.8) is 0 Å². The number of hydrogen-bond donors (Lipinski definition) is 3. The molecule has 0 aliphatic heterocycles. The van der Waals surface area contributed by atoms with Crippen LogP contribution in [0.4, 0.5) is 0 Å². The van der Waals surface area contributed by atoms with Crippen molar-refractivity contribution < 1.29 is 24.5 Å². The Labute approximate surface area is 481 Å². The van der Waals surface area contributed by atoms with E-state index in [0.29, 0.717) is 25.9 Å². The number of allylic oxidation sites excluding steroid dienone is 4. The van der Waals surface area contributed by atoms with Crippen molar-refractivity contribution in [3.8, 4) is 0 Å². The Kier molecular flexibility index (Phi) is 65.4. The highest BCUT2D eigenvalue weighted by molar-refractivity contribution is 5.76. The maximum absolute atomic E-state index is 12.5. The molecule has 2 atom stereocenters. The number of aliphatic hydroxyl groups excluding tert-OH is 2. The first-order valence-corrected chi connectivity index (χ1v) is 35.1. The molecular weight excluding hydrogens is 947 g/mol. The third-order valence-electron chi connectivity index (χ3n) is 16.5. The lowest BCUT2D eigenvalue weighted by molar-refractivity contribution is -0.143. The Morgan fingerprint density at radius 3 is 0.922 bits per heavy atom. The van der Waals surface area contributed by atoms with E-state index in [2.05, 4.69) is 43.5 Å². The van der Waals surface area contributed by atoms with Gasteiger partial charge in [0.1, 0.15) is 0 Å². The van der Waals surface area contributed by atoms with Gasteiger partial charge in [0.05, 0.1) is 25.4 Å². The van der Waals surface area contributed by atoms with Crippen LogP contribution in [0.5, 0.6) is 0 Å². The topological polar surface area (TPSA) is 95.9 Å². The van der Waals surface area contributed by atoms with E-state index >= 15 is 0 Å². The van der Waals surface area contributed by atoms with E-state index in [-0.39, 0.29) is 18.5 Å². The van der Waals surface area contributed by atoms with Gasteiger partial charge in [0.25, 0.3) is 0 Å². The maximum Gasteiger partial charge on any atom is 0.305 e. The van der Waals surface area contributed by atoms with Crippen molar-refractivity contribution in [1.82, 2.24) is 5.32 Å². The normalized spacial score (nSPS) is 12.6. The molecule has 0 fully saturated rings. The van der Waals surface area contributed by atoms with Gasteiger partial charge in [0, 0.05) is 12.8 Å². The average Bonchev–Trinajstić information content (AvgIpc) is 3.43. The lowest BCUT2D eigenvalue weighted by Crippen LogP contribution is -2.45. The third-order valence-corrected chi connectivity index (χ3v) is 16.5. The minimum Gasteiger partial charge on any atom is -0.466 e. The number of unbranched alkanes of at least 4 members (excludes halogenated alkanes) is 51. The maximum atomic E-state index is 12.5. The van der Waals surface area contributed by atoms with E-state index in [4.69, 9.17) is 4.74 Å². The van der Waals surface area contributed by atoms with E-state index < -0.39 is 12.1 Å². The molecule has 0 rings (SSSR count). The number of hydrogen-bond acceptors (Lipinski definition) is 5. The smallest absolute Gasteiger partial charge is 0.305 e. The Morgan fingerprint density at radius 2 is 0.610 bits per heavy atom. The second kappa shape index (κ2) is 66.8. The monoisotopic (exact) mass is 1080 g/mol. The summed E-state index contributed by atoms with van der Waals surface area (Å²) in [5.74, 6) is -0.0196. The lowest BCUT2D eigenvalue weighted by atomic mass is 10.0. The summed E-state index contributed by atoms with van der Waals surface area (Å²) in [7, 11) is 0. The van der Waals surface area contributed by atoms with Crippen molar-refractivity contribution in [1.29, 1.82) is 0 Å². The van der Waals surface area contributed by atoms with Crippen molar-refractivity contribution in [2.45, 2.75) is 405 Å². The zero-order chi connectivity index (χ0) is 55.7. The van der Waals surface area contributed by atoms with Crippen LogP contribution in [-0.2, 0) is 14.3 Å². The first-order valence-electron chi connectivity index (χ1n) is 35.1. The predicted molar refractivity (Wildman–Crippen MR) is 338 cm³/mol. The number of carbonyl (C=O) groups is 2. The Morgan fingerprint density at radius 1 is 0.351 bits per heavy atom. The first-order chi connectivity index (χ1) is 38.0. The zero-order valence-electron chi connectivity index (χ0n) is 52.2. The van der Waals surface area contributed by atoms with Crippen LogP contribution in [0.1, 0.15) is 393 Å². The second-order valence-corrected chi connectivity index (χ2v) is 24.2. The van der Waals surface area contributed by atoms with Gasteiger partial charge in [-0.1, -0.05) is 327 Å². The molecular formula is C71H137NO5. The van der Waals surface area contributed by atoms with Gasteiger partial charge in [-0.05, 0) is 77.0 Å². The molecule has 0 bridgehead atoms. The van der Waals surface area contributed by atoms with E-state index in [0.717, 1.165) is 44.9 Å². The van der Waals surface area contributed by atoms with Gasteiger partial charge in [0.15, 0.2) is 0 Å². The zero-order valence-corrected chi connectivity index (χ0v) is 52.2. The van der Waals surface area contributed by atoms with Crippen LogP contribution in [0, 0.1) is 0 Å². The number of amides is 1. The van der Waals surface area contributed by atoms with Gasteiger partial charge in [-0.25, -0.2) is 0 Å². The van der Waals surface area contributed by atoms with Crippen molar-refractivity contribution >= 4 is 11.9 Å². The highest BCUT2D eigenvalue weighted by Gasteiger charge is 2.20. The standard InChI is InChI=1S/C71H137NO5/c1-3-5-7-9-11-13-15-17-18-38-41-45-49-53-57-61-65-71(76)77-66-62-58-54-50-46-42-39-36-34-32-30-28-26-24-22-20-19-21-23-25-27-29-31-33-35-37-40-44-48-52-56-60-64-70(75)72-68(67-73)69(74)63-59-55-51-47-43-16-14-12-10-8-6-4-2/h18,22,24,38,68-69,73-74H,3-17,19-21,23,25-37,39-67H2,1-2H3,(H,72,75)/b24-22-,38-18-. The quantitative estimate of drug-likeness (QED) is 0.0320. The molecule has 0 aliphatic rings. The molecule has 0 aromatic rings. The van der Waals surface area contributed by atoms with Crippen LogP contribution in [-0.4, -0.2) is 47.4 Å². The highest BCUT2D eigenvalue weighted by Crippen LogP contribution is 2.19. The first kappa shape index (κ1) is 75.3. The Hall–Kier alpha value is -1.66. The van der Waals surface area contributed by atoms with Crippen LogP contribution in [0.15, 0.2) is 24.3 Å². The van der Waals surface area contributed by atoms with Crippen molar-refractivity contribution in [2.75, 3.05) is 13.2 Å². The minimum atomic E-state index is -0.661. The summed E-state index contributed by atoms with van der Waals surface area (Å²) in [5.41, 5.74) is 0. The van der Waals surface area contributed by atoms with Crippen LogP contribution < -0.4 is 5.32 Å². The van der Waals surface area contributed by atoms with E-state index in [1.807, 2.05) is 0 Å². The summed E-state index contributed by atoms with van der Waals surface area (Å²) >= 11 is 0. The fraction of sp³-hybridized carbons (Fsp3) is 0.915. The molecule has 1 amide bonds. The van der Waals surface area contributed by atoms with Crippen molar-refractivity contribution in [2.24, 2.45) is 0 Å². The molecule has 0 aromatic carbocycles. The molecule has 456 valence electrons. The number of nitrogens with one attached hydrogen (secondary N) is 1. The molecule has 3 N–H and O–H groups in total. The summed E-state index contributed by atoms with van der Waals surface area (Å²) in [4.78, 5) is 24.6. The molecule has 0 heterocycles. The van der Waals surface area contributed by atoms with Crippen LogP contribution in [0.25, 0.3) is 0 Å². The number of rotatable bonds is 66. The molecule has 0 radical (unpaired) electrons. The molecule has 6 heteroatoms. The molecule has 0 saturated carbocycles. The van der Waals surface area contributed by atoms with Gasteiger partial charge in [0.2, 0.25) is 5.91 Å². The van der Waals surface area contributed by atoms with E-state index in [9.17, 15) is 19.8 Å². The van der Waals surface area contributed by atoms with Crippen LogP contribution in [0.2, 0.25) is 0 Å². The molecule has 77 heavy (non-hydrogen) atoms. The largest absolute Gasteiger partial charge is 0.466 e. The number of esters is 1. The number of aliphatic hydroxyl groups is 2. The predicted octanol–water partition coefficient (Wildman–Crippen LogP) is 22.5. The molecule has 0 aliphatic carbocycles. The van der Waals surface area contributed by atoms with Gasteiger partial charge in [-0.2, -0.15) is 0 Å². The van der Waals surface area contributed by atoms with Gasteiger partial charge in [-0.3, -0.25) is 9.59 Å². The molecule has 6 nitrogen and oxygen atoms in total. The SMILES string of the molecule is CCCCCCCCC/C=C\CCCCCCCC(=O)OCCCCCCCCCCCCCC/C=C\CCCCCCCCCCCCCCCCCCC(=O)NC(CO)C(O)CCCCCCCCCCCCCC. The van der Waals surface area contributed by atoms with E-state index in [1.54, 1.807) is 0 Å². The van der Waals surface area contributed by atoms with Gasteiger partial charge >= 0.3 is 5.97 Å². The summed E-state index contributed by atoms with van der Waals surface area (Å²) in [6.45, 7) is 4.97. The Balaban J connectivity index is 3.33. The third kappa shape index (κ3) is 63.4. The summed E-state index contributed by atoms with van der Waals surface area (Å²) < 4.78 is 5.50. The number of ether oxygens (including phenoxy) is 1. The summed E-state index contributed by atoms with van der Waals surface area (Å²) in [5, 5.41) is 23.3. The highest BCUT2D eigenvalue weighted by atomic mass is 16.5. The minimum absolute atomic E-state index is 0.0114. The second-order valence-electron chi connectivity index (χ2n) is 24.2. The van der Waals surface area contributed by atoms with Crippen LogP contribution in [0.3, 0.4) is 0 Å². The fourth-order valence-corrected chi connectivity index (χ4v) is 11.1. The summed E-state index contributed by atoms with van der Waals surface area (Å²) in [6.07, 6.45) is 83.8.